The second-order valence-corrected chi connectivity index (χ2v) is 4.10. The van der Waals surface area contributed by atoms with E-state index in [0.717, 1.165) is 22.6 Å². The van der Waals surface area contributed by atoms with E-state index in [1.54, 1.807) is 0 Å². The standard InChI is InChI=1S/C12H15NO2/c1-7-4-5-8(2)11-10(7)13-12(14)9(3)6-15-11/h4-5,9H,6H2,1-3H3,(H,13,14). The van der Waals surface area contributed by atoms with Crippen molar-refractivity contribution in [2.45, 2.75) is 20.8 Å². The SMILES string of the molecule is Cc1ccc(C)c2c1NC(=O)C(C)CO2. The van der Waals surface area contributed by atoms with Crippen molar-refractivity contribution in [3.8, 4) is 5.75 Å². The molecule has 1 aliphatic heterocycles. The van der Waals surface area contributed by atoms with Gasteiger partial charge >= 0.3 is 0 Å². The smallest absolute Gasteiger partial charge is 0.230 e. The molecule has 80 valence electrons. The van der Waals surface area contributed by atoms with Gasteiger partial charge < -0.3 is 10.1 Å². The van der Waals surface area contributed by atoms with Gasteiger partial charge in [0.25, 0.3) is 0 Å². The number of hydrogen-bond acceptors (Lipinski definition) is 2. The van der Waals surface area contributed by atoms with E-state index in [9.17, 15) is 4.79 Å². The lowest BCUT2D eigenvalue weighted by Gasteiger charge is -2.12. The van der Waals surface area contributed by atoms with E-state index in [1.807, 2.05) is 32.9 Å². The molecule has 0 aromatic heterocycles. The molecule has 0 radical (unpaired) electrons. The van der Waals surface area contributed by atoms with Gasteiger partial charge in [0.1, 0.15) is 5.75 Å². The van der Waals surface area contributed by atoms with Gasteiger partial charge in [0.15, 0.2) is 0 Å². The predicted molar refractivity (Wildman–Crippen MR) is 59.2 cm³/mol. The molecule has 1 aliphatic rings. The van der Waals surface area contributed by atoms with Gasteiger partial charge in [-0.15, -0.1) is 0 Å². The topological polar surface area (TPSA) is 38.3 Å². The zero-order chi connectivity index (χ0) is 11.0. The third-order valence-corrected chi connectivity index (χ3v) is 2.74. The number of carbonyl (C=O) groups is 1. The maximum Gasteiger partial charge on any atom is 0.230 e. The first-order valence-corrected chi connectivity index (χ1v) is 5.13. The number of rotatable bonds is 0. The summed E-state index contributed by atoms with van der Waals surface area (Å²) in [5.41, 5.74) is 2.92. The Morgan fingerprint density at radius 1 is 1.33 bits per heavy atom. The first-order chi connectivity index (χ1) is 7.09. The van der Waals surface area contributed by atoms with Gasteiger partial charge in [0, 0.05) is 0 Å². The highest BCUT2D eigenvalue weighted by Crippen LogP contribution is 2.34. The van der Waals surface area contributed by atoms with Gasteiger partial charge in [-0.2, -0.15) is 0 Å². The van der Waals surface area contributed by atoms with Gasteiger partial charge in [0.2, 0.25) is 5.91 Å². The van der Waals surface area contributed by atoms with Crippen LogP contribution in [0.3, 0.4) is 0 Å². The molecule has 1 amide bonds. The van der Waals surface area contributed by atoms with Crippen molar-refractivity contribution in [2.24, 2.45) is 5.92 Å². The molecule has 1 atom stereocenters. The van der Waals surface area contributed by atoms with Crippen LogP contribution in [0.15, 0.2) is 12.1 Å². The van der Waals surface area contributed by atoms with E-state index in [2.05, 4.69) is 5.32 Å². The Balaban J connectivity index is 2.51. The summed E-state index contributed by atoms with van der Waals surface area (Å²) in [5, 5.41) is 2.92. The van der Waals surface area contributed by atoms with Crippen LogP contribution in [-0.4, -0.2) is 12.5 Å². The van der Waals surface area contributed by atoms with Crippen LogP contribution in [0.2, 0.25) is 0 Å². The molecule has 0 aliphatic carbocycles. The summed E-state index contributed by atoms with van der Waals surface area (Å²) in [6.45, 7) is 6.27. The average Bonchev–Trinajstić information content (AvgIpc) is 2.35. The monoisotopic (exact) mass is 205 g/mol. The second kappa shape index (κ2) is 3.57. The van der Waals surface area contributed by atoms with E-state index in [0.29, 0.717) is 6.61 Å². The van der Waals surface area contributed by atoms with Gasteiger partial charge in [-0.3, -0.25) is 4.79 Å². The molecule has 1 heterocycles. The first kappa shape index (κ1) is 10.0. The summed E-state index contributed by atoms with van der Waals surface area (Å²) >= 11 is 0. The number of nitrogens with one attached hydrogen (secondary N) is 1. The van der Waals surface area contributed by atoms with E-state index >= 15 is 0 Å². The fourth-order valence-corrected chi connectivity index (χ4v) is 1.66. The first-order valence-electron chi connectivity index (χ1n) is 5.13. The number of carbonyl (C=O) groups excluding carboxylic acids is 1. The summed E-state index contributed by atoms with van der Waals surface area (Å²) in [4.78, 5) is 11.6. The Morgan fingerprint density at radius 3 is 2.73 bits per heavy atom. The number of ether oxygens (including phenoxy) is 1. The summed E-state index contributed by atoms with van der Waals surface area (Å²) in [6, 6.07) is 4.00. The van der Waals surface area contributed by atoms with Crippen LogP contribution in [-0.2, 0) is 4.79 Å². The van der Waals surface area contributed by atoms with Crippen LogP contribution >= 0.6 is 0 Å². The molecule has 2 rings (SSSR count). The predicted octanol–water partition coefficient (Wildman–Crippen LogP) is 2.27. The van der Waals surface area contributed by atoms with E-state index in [1.165, 1.54) is 0 Å². The second-order valence-electron chi connectivity index (χ2n) is 4.10. The van der Waals surface area contributed by atoms with Gasteiger partial charge in [-0.25, -0.2) is 0 Å². The lowest BCUT2D eigenvalue weighted by molar-refractivity contribution is -0.119. The van der Waals surface area contributed by atoms with Gasteiger partial charge in [0.05, 0.1) is 18.2 Å². The number of aryl methyl sites for hydroxylation is 2. The third kappa shape index (κ3) is 1.69. The summed E-state index contributed by atoms with van der Waals surface area (Å²) in [6.07, 6.45) is 0. The summed E-state index contributed by atoms with van der Waals surface area (Å²) in [7, 11) is 0. The molecule has 3 heteroatoms. The number of benzene rings is 1. The van der Waals surface area contributed by atoms with Crippen LogP contribution in [0.5, 0.6) is 5.75 Å². The third-order valence-electron chi connectivity index (χ3n) is 2.74. The van der Waals surface area contributed by atoms with Gasteiger partial charge in [-0.05, 0) is 25.0 Å². The van der Waals surface area contributed by atoms with Crippen LogP contribution in [0.25, 0.3) is 0 Å². The highest BCUT2D eigenvalue weighted by Gasteiger charge is 2.22. The molecule has 0 bridgehead atoms. The molecule has 0 saturated heterocycles. The molecule has 0 spiro atoms. The molecular formula is C12H15NO2. The Kier molecular flexibility index (Phi) is 2.39. The van der Waals surface area contributed by atoms with Crippen LogP contribution < -0.4 is 10.1 Å². The zero-order valence-electron chi connectivity index (χ0n) is 9.26. The average molecular weight is 205 g/mol. The zero-order valence-corrected chi connectivity index (χ0v) is 9.26. The molecule has 0 saturated carbocycles. The Hall–Kier alpha value is -1.51. The van der Waals surface area contributed by atoms with E-state index in [4.69, 9.17) is 4.74 Å². The number of hydrogen-bond donors (Lipinski definition) is 1. The summed E-state index contributed by atoms with van der Waals surface area (Å²) < 4.78 is 5.66. The lowest BCUT2D eigenvalue weighted by atomic mass is 10.1. The van der Waals surface area contributed by atoms with E-state index in [-0.39, 0.29) is 11.8 Å². The number of anilines is 1. The van der Waals surface area contributed by atoms with Crippen LogP contribution in [0, 0.1) is 19.8 Å². The minimum atomic E-state index is -0.101. The summed E-state index contributed by atoms with van der Waals surface area (Å²) in [5.74, 6) is 0.742. The fourth-order valence-electron chi connectivity index (χ4n) is 1.66. The molecule has 1 aromatic rings. The van der Waals surface area contributed by atoms with Gasteiger partial charge in [-0.1, -0.05) is 19.1 Å². The maximum atomic E-state index is 11.6. The molecule has 1 unspecified atom stereocenters. The molecule has 1 aromatic carbocycles. The van der Waals surface area contributed by atoms with Crippen molar-refractivity contribution >= 4 is 11.6 Å². The minimum Gasteiger partial charge on any atom is -0.490 e. The number of amides is 1. The highest BCUT2D eigenvalue weighted by atomic mass is 16.5. The van der Waals surface area contributed by atoms with Crippen LogP contribution in [0.1, 0.15) is 18.1 Å². The minimum absolute atomic E-state index is 0.0300. The van der Waals surface area contributed by atoms with Crippen LogP contribution in [0.4, 0.5) is 5.69 Å². The van der Waals surface area contributed by atoms with Crippen molar-refractivity contribution in [3.63, 3.8) is 0 Å². The Morgan fingerprint density at radius 2 is 2.00 bits per heavy atom. The molecule has 0 fully saturated rings. The number of fused-ring (bicyclic) bond motifs is 1. The maximum absolute atomic E-state index is 11.6. The highest BCUT2D eigenvalue weighted by molar-refractivity contribution is 5.95. The van der Waals surface area contributed by atoms with E-state index < -0.39 is 0 Å². The molecule has 1 N–H and O–H groups in total. The molecule has 15 heavy (non-hydrogen) atoms. The quantitative estimate of drug-likeness (QED) is 0.705. The normalized spacial score (nSPS) is 19.9. The van der Waals surface area contributed by atoms with Crippen molar-refractivity contribution in [1.29, 1.82) is 0 Å². The van der Waals surface area contributed by atoms with Crippen molar-refractivity contribution in [3.05, 3.63) is 23.3 Å². The molecular weight excluding hydrogens is 190 g/mol. The van der Waals surface area contributed by atoms with Crippen molar-refractivity contribution < 1.29 is 9.53 Å². The Bertz CT molecular complexity index is 412. The molecule has 3 nitrogen and oxygen atoms in total. The van der Waals surface area contributed by atoms with Crippen molar-refractivity contribution in [1.82, 2.24) is 0 Å². The fraction of sp³-hybridized carbons (Fsp3) is 0.417. The largest absolute Gasteiger partial charge is 0.490 e. The Labute approximate surface area is 89.4 Å². The lowest BCUT2D eigenvalue weighted by Crippen LogP contribution is -2.22. The van der Waals surface area contributed by atoms with Crippen molar-refractivity contribution in [2.75, 3.05) is 11.9 Å².